The Balaban J connectivity index is 1.70. The number of rotatable bonds is 3. The summed E-state index contributed by atoms with van der Waals surface area (Å²) in [6.07, 6.45) is 0. The molecule has 0 saturated carbocycles. The van der Waals surface area contributed by atoms with Crippen molar-refractivity contribution in [3.8, 4) is 22.5 Å². The summed E-state index contributed by atoms with van der Waals surface area (Å²) in [5.41, 5.74) is 3.11. The highest BCUT2D eigenvalue weighted by Gasteiger charge is 2.30. The molecule has 1 fully saturated rings. The quantitative estimate of drug-likeness (QED) is 0.539. The third-order valence-electron chi connectivity index (χ3n) is 4.91. The average molecular weight is 449 g/mol. The van der Waals surface area contributed by atoms with Gasteiger partial charge in [-0.15, -0.1) is 0 Å². The molecule has 0 radical (unpaired) electrons. The summed E-state index contributed by atoms with van der Waals surface area (Å²) in [6, 6.07) is 18.2. The second kappa shape index (κ2) is 8.44. The summed E-state index contributed by atoms with van der Waals surface area (Å²) in [5.74, 6) is 1.17. The number of hydrogen-bond acceptors (Lipinski definition) is 5. The average Bonchev–Trinajstić information content (AvgIpc) is 2.74. The van der Waals surface area contributed by atoms with Gasteiger partial charge in [0.2, 0.25) is 9.74 Å². The number of nitrogens with zero attached hydrogens (tertiary/aromatic N) is 5. The Morgan fingerprint density at radius 3 is 1.93 bits per heavy atom. The maximum Gasteiger partial charge on any atom is 0.250 e. The molecule has 1 aliphatic rings. The maximum atomic E-state index is 6.11. The van der Waals surface area contributed by atoms with E-state index in [1.807, 2.05) is 42.5 Å². The minimum absolute atomic E-state index is 0.133. The summed E-state index contributed by atoms with van der Waals surface area (Å²) < 4.78 is -1.72. The van der Waals surface area contributed by atoms with Gasteiger partial charge < -0.3 is 9.80 Å². The highest BCUT2D eigenvalue weighted by atomic mass is 35.6. The van der Waals surface area contributed by atoms with Crippen LogP contribution in [0.1, 0.15) is 5.82 Å². The fourth-order valence-corrected chi connectivity index (χ4v) is 3.46. The topological polar surface area (TPSA) is 45.2 Å². The van der Waals surface area contributed by atoms with E-state index >= 15 is 0 Å². The molecule has 150 valence electrons. The predicted molar refractivity (Wildman–Crippen MR) is 120 cm³/mol. The van der Waals surface area contributed by atoms with Crippen molar-refractivity contribution in [2.45, 2.75) is 3.79 Å². The van der Waals surface area contributed by atoms with Crippen LogP contribution < -0.4 is 4.90 Å². The number of piperazine rings is 1. The van der Waals surface area contributed by atoms with E-state index in [1.165, 1.54) is 0 Å². The van der Waals surface area contributed by atoms with E-state index in [1.54, 1.807) is 0 Å². The van der Waals surface area contributed by atoms with Crippen LogP contribution in [0.25, 0.3) is 22.5 Å². The van der Waals surface area contributed by atoms with Crippen LogP contribution in [-0.2, 0) is 3.79 Å². The molecule has 1 aromatic heterocycles. The van der Waals surface area contributed by atoms with Crippen LogP contribution in [0.2, 0.25) is 0 Å². The second-order valence-electron chi connectivity index (χ2n) is 7.01. The molecule has 0 unspecified atom stereocenters. The van der Waals surface area contributed by atoms with Crippen molar-refractivity contribution in [1.29, 1.82) is 0 Å². The number of hydrogen-bond donors (Lipinski definition) is 0. The lowest BCUT2D eigenvalue weighted by atomic mass is 10.0. The van der Waals surface area contributed by atoms with Gasteiger partial charge in [0.15, 0.2) is 11.6 Å². The molecule has 0 bridgehead atoms. The first-order valence-electron chi connectivity index (χ1n) is 9.33. The minimum atomic E-state index is -1.72. The minimum Gasteiger partial charge on any atom is -0.338 e. The third kappa shape index (κ3) is 4.81. The number of anilines is 1. The molecule has 5 nitrogen and oxygen atoms in total. The van der Waals surface area contributed by atoms with E-state index < -0.39 is 3.79 Å². The zero-order chi connectivity index (χ0) is 20.4. The molecular weight excluding hydrogens is 429 g/mol. The molecule has 0 atom stereocenters. The van der Waals surface area contributed by atoms with Gasteiger partial charge in [-0.1, -0.05) is 89.4 Å². The van der Waals surface area contributed by atoms with Crippen molar-refractivity contribution in [1.82, 2.24) is 19.9 Å². The Morgan fingerprint density at radius 1 is 0.724 bits per heavy atom. The van der Waals surface area contributed by atoms with Crippen LogP contribution >= 0.6 is 34.8 Å². The van der Waals surface area contributed by atoms with Gasteiger partial charge in [0.1, 0.15) is 0 Å². The van der Waals surface area contributed by atoms with E-state index in [4.69, 9.17) is 34.8 Å². The lowest BCUT2D eigenvalue weighted by molar-refractivity contribution is 0.311. The van der Waals surface area contributed by atoms with Gasteiger partial charge in [-0.3, -0.25) is 0 Å². The van der Waals surface area contributed by atoms with Crippen LogP contribution in [-0.4, -0.2) is 53.1 Å². The SMILES string of the molecule is CN1CCN(c2nc(-c3ccc(-c4ccccc4)cc3)nc(C(Cl)(Cl)Cl)n2)CC1. The first-order valence-corrected chi connectivity index (χ1v) is 10.5. The molecule has 2 aromatic carbocycles. The summed E-state index contributed by atoms with van der Waals surface area (Å²) >= 11 is 18.3. The van der Waals surface area contributed by atoms with Gasteiger partial charge in [0.25, 0.3) is 0 Å². The molecule has 1 aliphatic heterocycles. The summed E-state index contributed by atoms with van der Waals surface area (Å²) in [6.45, 7) is 3.48. The van der Waals surface area contributed by atoms with Gasteiger partial charge in [-0.25, -0.2) is 4.98 Å². The molecule has 0 spiro atoms. The number of halogens is 3. The number of alkyl halides is 3. The van der Waals surface area contributed by atoms with E-state index in [2.05, 4.69) is 43.9 Å². The van der Waals surface area contributed by atoms with Crippen LogP contribution in [0, 0.1) is 0 Å². The Morgan fingerprint density at radius 2 is 1.31 bits per heavy atom. The van der Waals surface area contributed by atoms with Crippen LogP contribution in [0.5, 0.6) is 0 Å². The third-order valence-corrected chi connectivity index (χ3v) is 5.42. The molecule has 0 amide bonds. The standard InChI is InChI=1S/C21H20Cl3N5/c1-28-11-13-29(14-12-28)20-26-18(25-19(27-20)21(22,23)24)17-9-7-16(8-10-17)15-5-3-2-4-6-15/h2-10H,11-14H2,1H3. The van der Waals surface area contributed by atoms with Crippen molar-refractivity contribution in [2.75, 3.05) is 38.1 Å². The van der Waals surface area contributed by atoms with Crippen LogP contribution in [0.3, 0.4) is 0 Å². The maximum absolute atomic E-state index is 6.11. The zero-order valence-electron chi connectivity index (χ0n) is 15.9. The van der Waals surface area contributed by atoms with Gasteiger partial charge >= 0.3 is 0 Å². The molecule has 2 heterocycles. The van der Waals surface area contributed by atoms with E-state index in [9.17, 15) is 0 Å². The summed E-state index contributed by atoms with van der Waals surface area (Å²) in [5, 5.41) is 0. The van der Waals surface area contributed by atoms with Gasteiger partial charge in [0.05, 0.1) is 0 Å². The Bertz CT molecular complexity index is 966. The second-order valence-corrected chi connectivity index (χ2v) is 9.30. The van der Waals surface area contributed by atoms with E-state index in [-0.39, 0.29) is 5.82 Å². The Kier molecular flexibility index (Phi) is 5.93. The molecule has 4 rings (SSSR count). The molecule has 0 N–H and O–H groups in total. The van der Waals surface area contributed by atoms with Crippen molar-refractivity contribution in [3.63, 3.8) is 0 Å². The first-order chi connectivity index (χ1) is 13.9. The monoisotopic (exact) mass is 447 g/mol. The lowest BCUT2D eigenvalue weighted by Gasteiger charge is -2.32. The van der Waals surface area contributed by atoms with Crippen molar-refractivity contribution in [3.05, 3.63) is 60.4 Å². The van der Waals surface area contributed by atoms with E-state index in [0.29, 0.717) is 11.8 Å². The molecule has 8 heteroatoms. The number of aromatic nitrogens is 3. The Labute approximate surface area is 185 Å². The van der Waals surface area contributed by atoms with Crippen LogP contribution in [0.15, 0.2) is 54.6 Å². The van der Waals surface area contributed by atoms with Crippen LogP contribution in [0.4, 0.5) is 5.95 Å². The highest BCUT2D eigenvalue weighted by Crippen LogP contribution is 2.37. The molecule has 29 heavy (non-hydrogen) atoms. The van der Waals surface area contributed by atoms with E-state index in [0.717, 1.165) is 42.9 Å². The predicted octanol–water partition coefficient (Wildman–Crippen LogP) is 4.78. The fraction of sp³-hybridized carbons (Fsp3) is 0.286. The number of benzene rings is 2. The smallest absolute Gasteiger partial charge is 0.250 e. The van der Waals surface area contributed by atoms with Crippen molar-refractivity contribution in [2.24, 2.45) is 0 Å². The van der Waals surface area contributed by atoms with Gasteiger partial charge in [-0.2, -0.15) is 9.97 Å². The van der Waals surface area contributed by atoms with Gasteiger partial charge in [-0.05, 0) is 18.2 Å². The molecular formula is C21H20Cl3N5. The summed E-state index contributed by atoms with van der Waals surface area (Å²) in [4.78, 5) is 17.9. The van der Waals surface area contributed by atoms with Crippen molar-refractivity contribution >= 4 is 40.8 Å². The lowest BCUT2D eigenvalue weighted by Crippen LogP contribution is -2.45. The largest absolute Gasteiger partial charge is 0.338 e. The molecule has 0 aliphatic carbocycles. The fourth-order valence-electron chi connectivity index (χ4n) is 3.21. The number of likely N-dealkylation sites (N-methyl/N-ethyl adjacent to an activating group) is 1. The summed E-state index contributed by atoms with van der Waals surface area (Å²) in [7, 11) is 2.09. The van der Waals surface area contributed by atoms with Crippen molar-refractivity contribution < 1.29 is 0 Å². The van der Waals surface area contributed by atoms with Gasteiger partial charge in [0, 0.05) is 31.7 Å². The first kappa shape index (κ1) is 20.4. The highest BCUT2D eigenvalue weighted by molar-refractivity contribution is 6.66. The normalized spacial score (nSPS) is 15.5. The zero-order valence-corrected chi connectivity index (χ0v) is 18.2. The Hall–Kier alpha value is -1.92. The molecule has 3 aromatic rings. The molecule has 1 saturated heterocycles.